The van der Waals surface area contributed by atoms with Crippen LogP contribution in [-0.4, -0.2) is 23.9 Å². The molecule has 5 rings (SSSR count). The maximum absolute atomic E-state index is 10.5. The molecule has 3 heteroatoms. The standard InChI is InChI=1S/C20H22O3/c21-15-5-3-7-18-20(15)19-13(11-22-18)8-9-17-14(19)10-12-4-1-2-6-16(12)23-17/h1-7,12-14,16-17,19,21H,8-11H2. The normalized spacial score (nSPS) is 40.3. The van der Waals surface area contributed by atoms with E-state index in [0.29, 0.717) is 35.5 Å². The first kappa shape index (κ1) is 13.7. The number of fused-ring (bicyclic) bond motifs is 6. The van der Waals surface area contributed by atoms with Gasteiger partial charge >= 0.3 is 0 Å². The van der Waals surface area contributed by atoms with Crippen molar-refractivity contribution in [3.63, 3.8) is 0 Å². The highest BCUT2D eigenvalue weighted by atomic mass is 16.5. The van der Waals surface area contributed by atoms with Crippen molar-refractivity contribution in [3.05, 3.63) is 48.1 Å². The first-order valence-electron chi connectivity index (χ1n) is 8.76. The van der Waals surface area contributed by atoms with E-state index in [2.05, 4.69) is 24.3 Å². The molecule has 0 radical (unpaired) electrons. The Balaban J connectivity index is 1.54. The molecule has 3 nitrogen and oxygen atoms in total. The smallest absolute Gasteiger partial charge is 0.126 e. The summed E-state index contributed by atoms with van der Waals surface area (Å²) in [5.74, 6) is 3.06. The summed E-state index contributed by atoms with van der Waals surface area (Å²) in [6.07, 6.45) is 12.6. The lowest BCUT2D eigenvalue weighted by atomic mass is 9.62. The van der Waals surface area contributed by atoms with Crippen molar-refractivity contribution in [3.8, 4) is 11.5 Å². The molecular formula is C20H22O3. The topological polar surface area (TPSA) is 38.7 Å². The van der Waals surface area contributed by atoms with Crippen LogP contribution in [0.1, 0.15) is 30.7 Å². The van der Waals surface area contributed by atoms with Crippen LogP contribution < -0.4 is 4.74 Å². The third-order valence-electron chi connectivity index (χ3n) is 6.17. The fraction of sp³-hybridized carbons (Fsp3) is 0.500. The zero-order valence-corrected chi connectivity index (χ0v) is 13.1. The minimum atomic E-state index is 0.237. The molecule has 1 saturated heterocycles. The summed E-state index contributed by atoms with van der Waals surface area (Å²) in [7, 11) is 0. The van der Waals surface area contributed by atoms with E-state index in [0.717, 1.165) is 37.2 Å². The van der Waals surface area contributed by atoms with Crippen molar-refractivity contribution in [1.82, 2.24) is 0 Å². The van der Waals surface area contributed by atoms with E-state index >= 15 is 0 Å². The number of ether oxygens (including phenoxy) is 2. The van der Waals surface area contributed by atoms with Gasteiger partial charge in [0, 0.05) is 23.3 Å². The Bertz CT molecular complexity index is 677. The van der Waals surface area contributed by atoms with E-state index < -0.39 is 0 Å². The second-order valence-electron chi connectivity index (χ2n) is 7.34. The third-order valence-corrected chi connectivity index (χ3v) is 6.17. The minimum Gasteiger partial charge on any atom is -0.508 e. The van der Waals surface area contributed by atoms with Gasteiger partial charge in [-0.05, 0) is 37.3 Å². The number of hydrogen-bond acceptors (Lipinski definition) is 3. The molecule has 1 aromatic carbocycles. The maximum atomic E-state index is 10.5. The predicted octanol–water partition coefficient (Wildman–Crippen LogP) is 3.79. The molecule has 2 aliphatic carbocycles. The molecule has 120 valence electrons. The highest BCUT2D eigenvalue weighted by Crippen LogP contribution is 2.55. The number of phenols is 1. The van der Waals surface area contributed by atoms with Crippen molar-refractivity contribution < 1.29 is 14.6 Å². The molecule has 1 aromatic rings. The molecule has 1 N–H and O–H groups in total. The van der Waals surface area contributed by atoms with Gasteiger partial charge in [0.2, 0.25) is 0 Å². The van der Waals surface area contributed by atoms with E-state index in [-0.39, 0.29) is 6.10 Å². The van der Waals surface area contributed by atoms with E-state index in [1.807, 2.05) is 12.1 Å². The lowest BCUT2D eigenvalue weighted by Gasteiger charge is -2.51. The molecule has 2 aliphatic heterocycles. The van der Waals surface area contributed by atoms with Crippen molar-refractivity contribution >= 4 is 0 Å². The molecule has 23 heavy (non-hydrogen) atoms. The largest absolute Gasteiger partial charge is 0.508 e. The monoisotopic (exact) mass is 310 g/mol. The fourth-order valence-corrected chi connectivity index (χ4v) is 5.15. The van der Waals surface area contributed by atoms with Gasteiger partial charge in [0.15, 0.2) is 0 Å². The zero-order valence-electron chi connectivity index (χ0n) is 13.1. The summed E-state index contributed by atoms with van der Waals surface area (Å²) in [5.41, 5.74) is 1.02. The number of benzene rings is 1. The summed E-state index contributed by atoms with van der Waals surface area (Å²) in [5, 5.41) is 10.5. The first-order valence-corrected chi connectivity index (χ1v) is 8.76. The van der Waals surface area contributed by atoms with Crippen molar-refractivity contribution in [1.29, 1.82) is 0 Å². The zero-order chi connectivity index (χ0) is 15.4. The van der Waals surface area contributed by atoms with Crippen LogP contribution in [0.5, 0.6) is 11.5 Å². The Labute approximate surface area is 136 Å². The third kappa shape index (κ3) is 2.06. The fourth-order valence-electron chi connectivity index (χ4n) is 5.15. The van der Waals surface area contributed by atoms with Crippen LogP contribution in [-0.2, 0) is 4.74 Å². The van der Waals surface area contributed by atoms with E-state index in [4.69, 9.17) is 9.47 Å². The van der Waals surface area contributed by atoms with Crippen LogP contribution in [0.4, 0.5) is 0 Å². The van der Waals surface area contributed by atoms with Gasteiger partial charge in [-0.25, -0.2) is 0 Å². The molecule has 0 amide bonds. The van der Waals surface area contributed by atoms with Gasteiger partial charge < -0.3 is 14.6 Å². The van der Waals surface area contributed by atoms with Gasteiger partial charge in [-0.3, -0.25) is 0 Å². The molecule has 6 atom stereocenters. The summed E-state index contributed by atoms with van der Waals surface area (Å²) in [4.78, 5) is 0. The molecule has 4 aliphatic rings. The van der Waals surface area contributed by atoms with Crippen LogP contribution in [0.3, 0.4) is 0 Å². The van der Waals surface area contributed by atoms with Crippen molar-refractivity contribution in [2.75, 3.05) is 6.61 Å². The molecule has 2 fully saturated rings. The van der Waals surface area contributed by atoms with Crippen molar-refractivity contribution in [2.24, 2.45) is 17.8 Å². The number of allylic oxidation sites excluding steroid dienone is 2. The number of aromatic hydroxyl groups is 1. The Morgan fingerprint density at radius 3 is 2.96 bits per heavy atom. The van der Waals surface area contributed by atoms with Gasteiger partial charge in [-0.1, -0.05) is 30.4 Å². The van der Waals surface area contributed by atoms with Gasteiger partial charge in [0.25, 0.3) is 0 Å². The molecule has 0 spiro atoms. The quantitative estimate of drug-likeness (QED) is 0.792. The Kier molecular flexibility index (Phi) is 3.05. The van der Waals surface area contributed by atoms with Crippen LogP contribution in [0, 0.1) is 17.8 Å². The molecule has 0 aromatic heterocycles. The second kappa shape index (κ2) is 5.13. The van der Waals surface area contributed by atoms with Gasteiger partial charge in [-0.15, -0.1) is 0 Å². The summed E-state index contributed by atoms with van der Waals surface area (Å²) >= 11 is 0. The number of hydrogen-bond donors (Lipinski definition) is 1. The molecule has 6 unspecified atom stereocenters. The highest BCUT2D eigenvalue weighted by molar-refractivity contribution is 5.48. The lowest BCUT2D eigenvalue weighted by Crippen LogP contribution is -2.48. The molecule has 0 bridgehead atoms. The summed E-state index contributed by atoms with van der Waals surface area (Å²) in [6, 6.07) is 5.66. The van der Waals surface area contributed by atoms with E-state index in [1.54, 1.807) is 6.07 Å². The number of rotatable bonds is 0. The summed E-state index contributed by atoms with van der Waals surface area (Å²) in [6.45, 7) is 0.772. The highest BCUT2D eigenvalue weighted by Gasteiger charge is 2.49. The average molecular weight is 310 g/mol. The Hall–Kier alpha value is -1.74. The van der Waals surface area contributed by atoms with Gasteiger partial charge in [0.1, 0.15) is 11.5 Å². The average Bonchev–Trinajstić information content (AvgIpc) is 2.59. The lowest BCUT2D eigenvalue weighted by molar-refractivity contribution is -0.120. The first-order chi connectivity index (χ1) is 11.3. The van der Waals surface area contributed by atoms with Crippen LogP contribution in [0.15, 0.2) is 42.5 Å². The van der Waals surface area contributed by atoms with Crippen LogP contribution in [0.2, 0.25) is 0 Å². The number of phenolic OH excluding ortho intramolecular Hbond substituents is 1. The second-order valence-corrected chi connectivity index (χ2v) is 7.34. The van der Waals surface area contributed by atoms with Gasteiger partial charge in [0.05, 0.1) is 18.8 Å². The Morgan fingerprint density at radius 2 is 2.00 bits per heavy atom. The van der Waals surface area contributed by atoms with Crippen molar-refractivity contribution in [2.45, 2.75) is 37.4 Å². The molecule has 1 saturated carbocycles. The maximum Gasteiger partial charge on any atom is 0.126 e. The van der Waals surface area contributed by atoms with Crippen LogP contribution in [0.25, 0.3) is 0 Å². The predicted molar refractivity (Wildman–Crippen MR) is 87.6 cm³/mol. The van der Waals surface area contributed by atoms with E-state index in [1.165, 1.54) is 0 Å². The van der Waals surface area contributed by atoms with E-state index in [9.17, 15) is 5.11 Å². The molecule has 2 heterocycles. The van der Waals surface area contributed by atoms with Gasteiger partial charge in [-0.2, -0.15) is 0 Å². The SMILES string of the molecule is Oc1cccc2c1C1C(CCC3OC4C=CC=CC4CC31)CO2. The minimum absolute atomic E-state index is 0.237. The summed E-state index contributed by atoms with van der Waals surface area (Å²) < 4.78 is 12.4. The van der Waals surface area contributed by atoms with Crippen LogP contribution >= 0.6 is 0 Å². The molecular weight excluding hydrogens is 288 g/mol. The Morgan fingerprint density at radius 1 is 1.09 bits per heavy atom.